The molecule has 0 aliphatic heterocycles. The van der Waals surface area contributed by atoms with Gasteiger partial charge in [-0.15, -0.1) is 0 Å². The third-order valence-electron chi connectivity index (χ3n) is 3.08. The molecule has 96 valence electrons. The van der Waals surface area contributed by atoms with E-state index in [0.29, 0.717) is 17.1 Å². The lowest BCUT2D eigenvalue weighted by Crippen LogP contribution is -2.07. The van der Waals surface area contributed by atoms with Crippen molar-refractivity contribution in [1.82, 2.24) is 9.78 Å². The van der Waals surface area contributed by atoms with Gasteiger partial charge in [-0.3, -0.25) is 4.68 Å². The molecular weight excluding hydrogens is 248 g/mol. The molecule has 0 fully saturated rings. The minimum atomic E-state index is -0.577. The van der Waals surface area contributed by atoms with Crippen molar-refractivity contribution < 1.29 is 5.11 Å². The topological polar surface area (TPSA) is 38.1 Å². The lowest BCUT2D eigenvalue weighted by Gasteiger charge is -2.11. The molecule has 0 saturated carbocycles. The zero-order valence-electron chi connectivity index (χ0n) is 10.6. The van der Waals surface area contributed by atoms with Crippen molar-refractivity contribution in [2.75, 3.05) is 0 Å². The van der Waals surface area contributed by atoms with Crippen molar-refractivity contribution in [2.24, 2.45) is 7.05 Å². The van der Waals surface area contributed by atoms with Gasteiger partial charge >= 0.3 is 0 Å². The maximum atomic E-state index is 10.1. The van der Waals surface area contributed by atoms with Gasteiger partial charge in [-0.2, -0.15) is 5.10 Å². The highest BCUT2D eigenvalue weighted by molar-refractivity contribution is 6.31. The summed E-state index contributed by atoms with van der Waals surface area (Å²) >= 11 is 6.00. The Morgan fingerprint density at radius 2 is 2.00 bits per heavy atom. The summed E-state index contributed by atoms with van der Waals surface area (Å²) in [6.45, 7) is 2.06. The van der Waals surface area contributed by atoms with Gasteiger partial charge in [0.15, 0.2) is 0 Å². The number of aliphatic hydroxyl groups is 1. The van der Waals surface area contributed by atoms with E-state index in [1.165, 1.54) is 11.1 Å². The smallest absolute Gasteiger partial charge is 0.0974 e. The third-order valence-corrected chi connectivity index (χ3v) is 3.37. The molecule has 18 heavy (non-hydrogen) atoms. The van der Waals surface area contributed by atoms with Crippen molar-refractivity contribution >= 4 is 11.6 Å². The molecule has 3 nitrogen and oxygen atoms in total. The SMILES string of the molecule is Cc1ccc(CCC(O)c2c(Cl)cnn2C)cc1. The quantitative estimate of drug-likeness (QED) is 0.922. The zero-order valence-corrected chi connectivity index (χ0v) is 11.4. The van der Waals surface area contributed by atoms with Gasteiger partial charge in [0.05, 0.1) is 23.0 Å². The Morgan fingerprint density at radius 1 is 1.33 bits per heavy atom. The Morgan fingerprint density at radius 3 is 2.56 bits per heavy atom. The van der Waals surface area contributed by atoms with E-state index >= 15 is 0 Å². The molecule has 0 saturated heterocycles. The van der Waals surface area contributed by atoms with E-state index < -0.39 is 6.10 Å². The highest BCUT2D eigenvalue weighted by atomic mass is 35.5. The lowest BCUT2D eigenvalue weighted by atomic mass is 10.0. The van der Waals surface area contributed by atoms with E-state index in [4.69, 9.17) is 11.6 Å². The van der Waals surface area contributed by atoms with Crippen LogP contribution >= 0.6 is 11.6 Å². The Labute approximate surface area is 112 Å². The monoisotopic (exact) mass is 264 g/mol. The molecule has 1 atom stereocenters. The van der Waals surface area contributed by atoms with Crippen LogP contribution < -0.4 is 0 Å². The molecule has 1 aromatic heterocycles. The number of hydrogen-bond acceptors (Lipinski definition) is 2. The van der Waals surface area contributed by atoms with Crippen molar-refractivity contribution in [3.05, 3.63) is 52.3 Å². The molecule has 1 aromatic carbocycles. The summed E-state index contributed by atoms with van der Waals surface area (Å²) in [5, 5.41) is 14.7. The number of aliphatic hydroxyl groups excluding tert-OH is 1. The van der Waals surface area contributed by atoms with Gasteiger partial charge < -0.3 is 5.11 Å². The highest BCUT2D eigenvalue weighted by Gasteiger charge is 2.16. The first-order valence-corrected chi connectivity index (χ1v) is 6.36. The molecule has 0 aliphatic carbocycles. The number of aromatic nitrogens is 2. The summed E-state index contributed by atoms with van der Waals surface area (Å²) in [6.07, 6.45) is 2.45. The Bertz CT molecular complexity index is 500. The van der Waals surface area contributed by atoms with Gasteiger partial charge in [-0.25, -0.2) is 0 Å². The average Bonchev–Trinajstić information content (AvgIpc) is 2.68. The molecule has 1 N–H and O–H groups in total. The first-order chi connectivity index (χ1) is 8.58. The molecule has 0 aliphatic rings. The summed E-state index contributed by atoms with van der Waals surface area (Å²) in [5.74, 6) is 0. The van der Waals surface area contributed by atoms with Crippen molar-refractivity contribution in [3.63, 3.8) is 0 Å². The molecule has 1 unspecified atom stereocenters. The van der Waals surface area contributed by atoms with Crippen LogP contribution in [0.2, 0.25) is 5.02 Å². The predicted molar refractivity (Wildman–Crippen MR) is 72.7 cm³/mol. The minimum Gasteiger partial charge on any atom is -0.387 e. The highest BCUT2D eigenvalue weighted by Crippen LogP contribution is 2.25. The first kappa shape index (κ1) is 13.1. The van der Waals surface area contributed by atoms with E-state index in [9.17, 15) is 5.11 Å². The molecule has 2 rings (SSSR count). The number of nitrogens with zero attached hydrogens (tertiary/aromatic N) is 2. The summed E-state index contributed by atoms with van der Waals surface area (Å²) in [4.78, 5) is 0. The second kappa shape index (κ2) is 5.55. The Hall–Kier alpha value is -1.32. The number of aryl methyl sites for hydroxylation is 3. The van der Waals surface area contributed by atoms with Crippen LogP contribution in [0.25, 0.3) is 0 Å². The van der Waals surface area contributed by atoms with Crippen LogP contribution in [0.3, 0.4) is 0 Å². The van der Waals surface area contributed by atoms with Gasteiger partial charge in [0, 0.05) is 7.05 Å². The normalized spacial score (nSPS) is 12.7. The van der Waals surface area contributed by atoms with E-state index in [-0.39, 0.29) is 0 Å². The van der Waals surface area contributed by atoms with E-state index in [2.05, 4.69) is 36.3 Å². The second-order valence-electron chi connectivity index (χ2n) is 4.54. The maximum Gasteiger partial charge on any atom is 0.0974 e. The number of rotatable bonds is 4. The van der Waals surface area contributed by atoms with Crippen molar-refractivity contribution in [2.45, 2.75) is 25.9 Å². The maximum absolute atomic E-state index is 10.1. The van der Waals surface area contributed by atoms with Crippen molar-refractivity contribution in [1.29, 1.82) is 0 Å². The summed E-state index contributed by atoms with van der Waals surface area (Å²) < 4.78 is 1.63. The van der Waals surface area contributed by atoms with Gasteiger partial charge in [0.2, 0.25) is 0 Å². The summed E-state index contributed by atoms with van der Waals surface area (Å²) in [6, 6.07) is 8.34. The fourth-order valence-electron chi connectivity index (χ4n) is 1.99. The van der Waals surface area contributed by atoms with Crippen LogP contribution in [-0.4, -0.2) is 14.9 Å². The fraction of sp³-hybridized carbons (Fsp3) is 0.357. The molecule has 1 heterocycles. The van der Waals surface area contributed by atoms with Gasteiger partial charge in [0.25, 0.3) is 0 Å². The van der Waals surface area contributed by atoms with Crippen LogP contribution in [0.4, 0.5) is 0 Å². The Balaban J connectivity index is 2.00. The predicted octanol–water partition coefficient (Wildman–Crippen LogP) is 3.05. The van der Waals surface area contributed by atoms with E-state index in [0.717, 1.165) is 6.42 Å². The van der Waals surface area contributed by atoms with Crippen LogP contribution in [0, 0.1) is 6.92 Å². The molecule has 2 aromatic rings. The van der Waals surface area contributed by atoms with Crippen molar-refractivity contribution in [3.8, 4) is 0 Å². The molecule has 0 amide bonds. The van der Waals surface area contributed by atoms with Gasteiger partial charge in [-0.1, -0.05) is 41.4 Å². The second-order valence-corrected chi connectivity index (χ2v) is 4.95. The summed E-state index contributed by atoms with van der Waals surface area (Å²) in [7, 11) is 1.79. The molecule has 0 spiro atoms. The zero-order chi connectivity index (χ0) is 13.1. The minimum absolute atomic E-state index is 0.522. The number of halogens is 1. The molecule has 0 bridgehead atoms. The standard InChI is InChI=1S/C14H17ClN2O/c1-10-3-5-11(6-4-10)7-8-13(18)14-12(15)9-16-17(14)2/h3-6,9,13,18H,7-8H2,1-2H3. The van der Waals surface area contributed by atoms with Crippen LogP contribution in [0.15, 0.2) is 30.5 Å². The third kappa shape index (κ3) is 2.92. The van der Waals surface area contributed by atoms with E-state index in [1.807, 2.05) is 0 Å². The Kier molecular flexibility index (Phi) is 4.04. The molecule has 0 radical (unpaired) electrons. The van der Waals surface area contributed by atoms with Gasteiger partial charge in [0.1, 0.15) is 0 Å². The average molecular weight is 265 g/mol. The van der Waals surface area contributed by atoms with Crippen LogP contribution in [0.1, 0.15) is 29.3 Å². The van der Waals surface area contributed by atoms with Gasteiger partial charge in [-0.05, 0) is 25.3 Å². The van der Waals surface area contributed by atoms with E-state index in [1.54, 1.807) is 17.9 Å². The van der Waals surface area contributed by atoms with Crippen LogP contribution in [0.5, 0.6) is 0 Å². The molecule has 4 heteroatoms. The number of benzene rings is 1. The number of hydrogen-bond donors (Lipinski definition) is 1. The first-order valence-electron chi connectivity index (χ1n) is 5.99. The lowest BCUT2D eigenvalue weighted by molar-refractivity contribution is 0.158. The fourth-order valence-corrected chi connectivity index (χ4v) is 2.28. The van der Waals surface area contributed by atoms with Crippen LogP contribution in [-0.2, 0) is 13.5 Å². The summed E-state index contributed by atoms with van der Waals surface area (Å²) in [5.41, 5.74) is 3.15. The largest absolute Gasteiger partial charge is 0.387 e. The molecular formula is C14H17ClN2O.